The normalized spacial score (nSPS) is 10.4. The van der Waals surface area contributed by atoms with Crippen molar-refractivity contribution in [3.8, 4) is 5.75 Å². The van der Waals surface area contributed by atoms with Gasteiger partial charge < -0.3 is 10.1 Å². The summed E-state index contributed by atoms with van der Waals surface area (Å²) in [5.41, 5.74) is 2.99. The molecule has 0 fully saturated rings. The zero-order valence-electron chi connectivity index (χ0n) is 9.73. The van der Waals surface area contributed by atoms with Crippen LogP contribution in [0.25, 0.3) is 0 Å². The van der Waals surface area contributed by atoms with E-state index in [0.717, 1.165) is 18.4 Å². The molecule has 0 aliphatic rings. The predicted molar refractivity (Wildman–Crippen MR) is 67.3 cm³/mol. The molecule has 3 heteroatoms. The number of hydrogen-bond acceptors (Lipinski definition) is 2. The first-order valence-corrected chi connectivity index (χ1v) is 5.61. The lowest BCUT2D eigenvalue weighted by molar-refractivity contribution is 0.465. The lowest BCUT2D eigenvalue weighted by atomic mass is 10.0. The molecule has 1 aromatic heterocycles. The molecule has 2 N–H and O–H groups in total. The van der Waals surface area contributed by atoms with Gasteiger partial charge in [0.25, 0.3) is 5.56 Å². The number of aryl methyl sites for hydroxylation is 3. The number of nitrogens with one attached hydrogen (secondary N) is 1. The fourth-order valence-electron chi connectivity index (χ4n) is 1.70. The van der Waals surface area contributed by atoms with E-state index in [-0.39, 0.29) is 5.75 Å². The minimum Gasteiger partial charge on any atom is -0.503 e. The third kappa shape index (κ3) is 2.97. The van der Waals surface area contributed by atoms with E-state index in [1.165, 1.54) is 17.2 Å². The summed E-state index contributed by atoms with van der Waals surface area (Å²) in [5, 5.41) is 9.29. The lowest BCUT2D eigenvalue weighted by Gasteiger charge is -2.03. The molecule has 0 spiro atoms. The maximum Gasteiger partial charge on any atom is 0.290 e. The van der Waals surface area contributed by atoms with Gasteiger partial charge in [-0.3, -0.25) is 4.79 Å². The second-order valence-electron chi connectivity index (χ2n) is 4.21. The Hall–Kier alpha value is -2.03. The molecular weight excluding hydrogens is 214 g/mol. The van der Waals surface area contributed by atoms with Crippen LogP contribution in [0.5, 0.6) is 5.75 Å². The van der Waals surface area contributed by atoms with Gasteiger partial charge in [0, 0.05) is 6.20 Å². The van der Waals surface area contributed by atoms with Gasteiger partial charge in [0.1, 0.15) is 0 Å². The van der Waals surface area contributed by atoms with Gasteiger partial charge in [0.2, 0.25) is 0 Å². The van der Waals surface area contributed by atoms with Crippen LogP contribution in [0.1, 0.15) is 16.7 Å². The van der Waals surface area contributed by atoms with Crippen molar-refractivity contribution in [1.82, 2.24) is 4.98 Å². The average molecular weight is 229 g/mol. The standard InChI is InChI=1S/C14H15NO2/c1-10-2-4-11(5-3-10)6-7-12-8-13(16)14(17)15-9-12/h2-5,8-9,16H,6-7H2,1H3,(H,15,17). The molecule has 0 bridgehead atoms. The number of benzene rings is 1. The van der Waals surface area contributed by atoms with E-state index in [4.69, 9.17) is 0 Å². The van der Waals surface area contributed by atoms with Gasteiger partial charge in [0.05, 0.1) is 0 Å². The molecule has 88 valence electrons. The van der Waals surface area contributed by atoms with E-state index in [0.29, 0.717) is 0 Å². The van der Waals surface area contributed by atoms with Gasteiger partial charge in [0.15, 0.2) is 5.75 Å². The molecule has 2 rings (SSSR count). The number of rotatable bonds is 3. The highest BCUT2D eigenvalue weighted by Crippen LogP contribution is 2.10. The summed E-state index contributed by atoms with van der Waals surface area (Å²) in [6.07, 6.45) is 3.34. The summed E-state index contributed by atoms with van der Waals surface area (Å²) in [6.45, 7) is 2.06. The topological polar surface area (TPSA) is 53.1 Å². The Morgan fingerprint density at radius 1 is 1.12 bits per heavy atom. The summed E-state index contributed by atoms with van der Waals surface area (Å²) >= 11 is 0. The molecule has 0 amide bonds. The number of aromatic nitrogens is 1. The Kier molecular flexibility index (Phi) is 3.28. The molecular formula is C14H15NO2. The van der Waals surface area contributed by atoms with Crippen LogP contribution >= 0.6 is 0 Å². The minimum atomic E-state index is -0.441. The van der Waals surface area contributed by atoms with Gasteiger partial charge >= 0.3 is 0 Å². The first-order chi connectivity index (χ1) is 8.15. The molecule has 3 nitrogen and oxygen atoms in total. The van der Waals surface area contributed by atoms with Crippen LogP contribution in [0.2, 0.25) is 0 Å². The number of aromatic amines is 1. The molecule has 0 radical (unpaired) electrons. The number of H-pyrrole nitrogens is 1. The van der Waals surface area contributed by atoms with Crippen molar-refractivity contribution in [2.75, 3.05) is 0 Å². The average Bonchev–Trinajstić information content (AvgIpc) is 2.33. The first-order valence-electron chi connectivity index (χ1n) is 5.61. The summed E-state index contributed by atoms with van der Waals surface area (Å²) < 4.78 is 0. The van der Waals surface area contributed by atoms with Gasteiger partial charge in [-0.05, 0) is 37.0 Å². The fourth-order valence-corrected chi connectivity index (χ4v) is 1.70. The van der Waals surface area contributed by atoms with E-state index < -0.39 is 5.56 Å². The highest BCUT2D eigenvalue weighted by atomic mass is 16.3. The fraction of sp³-hybridized carbons (Fsp3) is 0.214. The summed E-state index contributed by atoms with van der Waals surface area (Å²) in [6, 6.07) is 9.88. The predicted octanol–water partition coefficient (Wildman–Crippen LogP) is 2.17. The molecule has 1 heterocycles. The maximum atomic E-state index is 11.0. The summed E-state index contributed by atoms with van der Waals surface area (Å²) in [7, 11) is 0. The zero-order chi connectivity index (χ0) is 12.3. The molecule has 0 unspecified atom stereocenters. The van der Waals surface area contributed by atoms with Gasteiger partial charge in [-0.1, -0.05) is 29.8 Å². The third-order valence-electron chi connectivity index (χ3n) is 2.77. The molecule has 0 saturated heterocycles. The maximum absolute atomic E-state index is 11.0. The second kappa shape index (κ2) is 4.87. The monoisotopic (exact) mass is 229 g/mol. The van der Waals surface area contributed by atoms with Crippen LogP contribution in [0.4, 0.5) is 0 Å². The van der Waals surface area contributed by atoms with Crippen molar-refractivity contribution < 1.29 is 5.11 Å². The van der Waals surface area contributed by atoms with Crippen LogP contribution in [-0.4, -0.2) is 10.1 Å². The Morgan fingerprint density at radius 3 is 2.41 bits per heavy atom. The van der Waals surface area contributed by atoms with Crippen molar-refractivity contribution in [1.29, 1.82) is 0 Å². The van der Waals surface area contributed by atoms with E-state index >= 15 is 0 Å². The smallest absolute Gasteiger partial charge is 0.290 e. The number of aromatic hydroxyl groups is 1. The van der Waals surface area contributed by atoms with Crippen molar-refractivity contribution in [3.05, 3.63) is 63.6 Å². The third-order valence-corrected chi connectivity index (χ3v) is 2.77. The van der Waals surface area contributed by atoms with Crippen LogP contribution < -0.4 is 5.56 Å². The van der Waals surface area contributed by atoms with Crippen molar-refractivity contribution in [3.63, 3.8) is 0 Å². The Bertz CT molecular complexity index is 555. The zero-order valence-corrected chi connectivity index (χ0v) is 9.73. The van der Waals surface area contributed by atoms with Crippen LogP contribution in [0, 0.1) is 6.92 Å². The molecule has 0 saturated carbocycles. The highest BCUT2D eigenvalue weighted by Gasteiger charge is 2.00. The van der Waals surface area contributed by atoms with Crippen LogP contribution in [0.3, 0.4) is 0 Å². The molecule has 0 aliphatic heterocycles. The highest BCUT2D eigenvalue weighted by molar-refractivity contribution is 5.25. The molecule has 17 heavy (non-hydrogen) atoms. The molecule has 1 aromatic carbocycles. The van der Waals surface area contributed by atoms with E-state index in [2.05, 4.69) is 36.2 Å². The first kappa shape index (κ1) is 11.5. The molecule has 0 aliphatic carbocycles. The van der Waals surface area contributed by atoms with E-state index in [1.54, 1.807) is 6.20 Å². The van der Waals surface area contributed by atoms with Gasteiger partial charge in [-0.2, -0.15) is 0 Å². The minimum absolute atomic E-state index is 0.216. The Morgan fingerprint density at radius 2 is 1.76 bits per heavy atom. The van der Waals surface area contributed by atoms with Crippen LogP contribution in [-0.2, 0) is 12.8 Å². The summed E-state index contributed by atoms with van der Waals surface area (Å²) in [5.74, 6) is -0.216. The Labute approximate surface area is 99.8 Å². The largest absolute Gasteiger partial charge is 0.503 e. The van der Waals surface area contributed by atoms with Crippen LogP contribution in [0.15, 0.2) is 41.3 Å². The van der Waals surface area contributed by atoms with Gasteiger partial charge in [-0.15, -0.1) is 0 Å². The van der Waals surface area contributed by atoms with E-state index in [9.17, 15) is 9.90 Å². The summed E-state index contributed by atoms with van der Waals surface area (Å²) in [4.78, 5) is 13.5. The van der Waals surface area contributed by atoms with E-state index in [1.807, 2.05) is 0 Å². The Balaban J connectivity index is 2.04. The number of pyridine rings is 1. The van der Waals surface area contributed by atoms with Crippen molar-refractivity contribution in [2.24, 2.45) is 0 Å². The lowest BCUT2D eigenvalue weighted by Crippen LogP contribution is -2.05. The quantitative estimate of drug-likeness (QED) is 0.847. The molecule has 2 aromatic rings. The van der Waals surface area contributed by atoms with Crippen molar-refractivity contribution in [2.45, 2.75) is 19.8 Å². The SMILES string of the molecule is Cc1ccc(CCc2c[nH]c(=O)c(O)c2)cc1. The van der Waals surface area contributed by atoms with Crippen molar-refractivity contribution >= 4 is 0 Å². The molecule has 0 atom stereocenters. The second-order valence-corrected chi connectivity index (χ2v) is 4.21. The number of hydrogen-bond donors (Lipinski definition) is 2. The van der Waals surface area contributed by atoms with Gasteiger partial charge in [-0.25, -0.2) is 0 Å².